The van der Waals surface area contributed by atoms with Gasteiger partial charge in [0.2, 0.25) is 11.8 Å². The van der Waals surface area contributed by atoms with Gasteiger partial charge in [-0.3, -0.25) is 14.5 Å². The lowest BCUT2D eigenvalue weighted by Crippen LogP contribution is -2.40. The molecule has 2 heterocycles. The van der Waals surface area contributed by atoms with Crippen LogP contribution in [0.2, 0.25) is 5.02 Å². The van der Waals surface area contributed by atoms with E-state index in [0.717, 1.165) is 5.69 Å². The van der Waals surface area contributed by atoms with Gasteiger partial charge in [0.25, 0.3) is 0 Å². The molecule has 1 aliphatic rings. The van der Waals surface area contributed by atoms with Gasteiger partial charge in [0, 0.05) is 32.1 Å². The van der Waals surface area contributed by atoms with E-state index in [1.165, 1.54) is 6.20 Å². The number of rotatable bonds is 6. The Morgan fingerprint density at radius 1 is 1.07 bits per heavy atom. The second-order valence-electron chi connectivity index (χ2n) is 6.25. The number of morpholine rings is 1. The molecule has 1 aromatic heterocycles. The Kier molecular flexibility index (Phi) is 6.79. The van der Waals surface area contributed by atoms with E-state index in [1.54, 1.807) is 21.9 Å². The zero-order valence-electron chi connectivity index (χ0n) is 15.0. The minimum absolute atomic E-state index is 0.0713. The van der Waals surface area contributed by atoms with E-state index >= 15 is 0 Å². The molecule has 7 heteroatoms. The number of anilines is 2. The molecular weight excluding hydrogens is 366 g/mol. The highest BCUT2D eigenvalue weighted by Gasteiger charge is 2.21. The molecule has 1 saturated heterocycles. The number of hydrogen-bond donors (Lipinski definition) is 0. The maximum Gasteiger partial charge on any atom is 0.232 e. The molecule has 6 nitrogen and oxygen atoms in total. The fourth-order valence-electron chi connectivity index (χ4n) is 2.95. The van der Waals surface area contributed by atoms with Gasteiger partial charge in [-0.25, -0.2) is 4.98 Å². The van der Waals surface area contributed by atoms with E-state index in [9.17, 15) is 9.59 Å². The number of carbonyl (C=O) groups is 2. The predicted octanol–water partition coefficient (Wildman–Crippen LogP) is 3.43. The molecular formula is C20H22ClN3O3. The van der Waals surface area contributed by atoms with Crippen molar-refractivity contribution in [1.29, 1.82) is 0 Å². The molecule has 0 unspecified atom stereocenters. The largest absolute Gasteiger partial charge is 0.378 e. The van der Waals surface area contributed by atoms with Crippen LogP contribution in [0, 0.1) is 0 Å². The van der Waals surface area contributed by atoms with E-state index in [4.69, 9.17) is 16.3 Å². The van der Waals surface area contributed by atoms with Crippen LogP contribution >= 0.6 is 11.6 Å². The number of ether oxygens (including phenoxy) is 1. The number of para-hydroxylation sites is 1. The third-order valence-electron chi connectivity index (χ3n) is 4.35. The van der Waals surface area contributed by atoms with E-state index in [1.807, 2.05) is 30.3 Å². The van der Waals surface area contributed by atoms with E-state index in [2.05, 4.69) is 4.98 Å². The first kappa shape index (κ1) is 19.3. The monoisotopic (exact) mass is 387 g/mol. The van der Waals surface area contributed by atoms with Crippen LogP contribution in [0.15, 0.2) is 48.7 Å². The lowest BCUT2D eigenvalue weighted by molar-refractivity contribution is -0.135. The molecule has 0 atom stereocenters. The Labute approximate surface area is 163 Å². The van der Waals surface area contributed by atoms with Crippen LogP contribution in [0.1, 0.15) is 19.3 Å². The van der Waals surface area contributed by atoms with Crippen LogP contribution in [-0.2, 0) is 14.3 Å². The SMILES string of the molecule is O=C(CCCC(=O)N(c1ccccc1)c1ccc(Cl)cn1)N1CCOCC1. The summed E-state index contributed by atoms with van der Waals surface area (Å²) < 4.78 is 5.26. The summed E-state index contributed by atoms with van der Waals surface area (Å²) in [5.41, 5.74) is 0.733. The van der Waals surface area contributed by atoms with Gasteiger partial charge >= 0.3 is 0 Å². The van der Waals surface area contributed by atoms with Crippen molar-refractivity contribution in [2.75, 3.05) is 31.2 Å². The Morgan fingerprint density at radius 3 is 2.48 bits per heavy atom. The van der Waals surface area contributed by atoms with E-state index in [0.29, 0.717) is 50.0 Å². The molecule has 2 aromatic rings. The summed E-state index contributed by atoms with van der Waals surface area (Å²) in [5, 5.41) is 0.510. The van der Waals surface area contributed by atoms with Crippen LogP contribution in [0.5, 0.6) is 0 Å². The fourth-order valence-corrected chi connectivity index (χ4v) is 3.07. The number of benzene rings is 1. The first-order valence-electron chi connectivity index (χ1n) is 9.00. The first-order valence-corrected chi connectivity index (χ1v) is 9.38. The molecule has 0 aliphatic carbocycles. The summed E-state index contributed by atoms with van der Waals surface area (Å²) >= 11 is 5.92. The third kappa shape index (κ3) is 5.28. The minimum Gasteiger partial charge on any atom is -0.378 e. The molecule has 27 heavy (non-hydrogen) atoms. The molecule has 1 aromatic carbocycles. The fraction of sp³-hybridized carbons (Fsp3) is 0.350. The van der Waals surface area contributed by atoms with Gasteiger partial charge in [0.15, 0.2) is 0 Å². The van der Waals surface area contributed by atoms with Crippen molar-refractivity contribution >= 4 is 34.9 Å². The van der Waals surface area contributed by atoms with Gasteiger partial charge in [0.1, 0.15) is 5.82 Å². The van der Waals surface area contributed by atoms with Gasteiger partial charge in [-0.05, 0) is 30.7 Å². The average molecular weight is 388 g/mol. The Hall–Kier alpha value is -2.44. The normalized spacial score (nSPS) is 14.0. The lowest BCUT2D eigenvalue weighted by Gasteiger charge is -2.27. The van der Waals surface area contributed by atoms with Gasteiger partial charge in [0.05, 0.1) is 23.9 Å². The van der Waals surface area contributed by atoms with E-state index in [-0.39, 0.29) is 18.2 Å². The summed E-state index contributed by atoms with van der Waals surface area (Å²) in [7, 11) is 0. The molecule has 1 aliphatic heterocycles. The van der Waals surface area contributed by atoms with Crippen molar-refractivity contribution < 1.29 is 14.3 Å². The topological polar surface area (TPSA) is 62.7 Å². The molecule has 3 rings (SSSR count). The molecule has 0 radical (unpaired) electrons. The minimum atomic E-state index is -0.106. The van der Waals surface area contributed by atoms with Crippen LogP contribution in [0.4, 0.5) is 11.5 Å². The summed E-state index contributed by atoms with van der Waals surface area (Å²) in [6, 6.07) is 12.8. The van der Waals surface area contributed by atoms with Gasteiger partial charge in [-0.2, -0.15) is 0 Å². The van der Waals surface area contributed by atoms with Gasteiger partial charge in [-0.1, -0.05) is 29.8 Å². The maximum absolute atomic E-state index is 12.9. The Balaban J connectivity index is 1.64. The van der Waals surface area contributed by atoms with Gasteiger partial charge in [-0.15, -0.1) is 0 Å². The Bertz CT molecular complexity index is 762. The molecule has 0 saturated carbocycles. The highest BCUT2D eigenvalue weighted by atomic mass is 35.5. The predicted molar refractivity (Wildman–Crippen MR) is 104 cm³/mol. The highest BCUT2D eigenvalue weighted by Crippen LogP contribution is 2.25. The highest BCUT2D eigenvalue weighted by molar-refractivity contribution is 6.30. The number of halogens is 1. The molecule has 142 valence electrons. The lowest BCUT2D eigenvalue weighted by atomic mass is 10.1. The second kappa shape index (κ2) is 9.48. The summed E-state index contributed by atoms with van der Waals surface area (Å²) in [4.78, 5) is 32.8. The van der Waals surface area contributed by atoms with Crippen LogP contribution in [0.3, 0.4) is 0 Å². The summed E-state index contributed by atoms with van der Waals surface area (Å²) in [5.74, 6) is 0.475. The molecule has 2 amide bonds. The number of carbonyl (C=O) groups excluding carboxylic acids is 2. The number of hydrogen-bond acceptors (Lipinski definition) is 4. The van der Waals surface area contributed by atoms with Crippen molar-refractivity contribution in [2.24, 2.45) is 0 Å². The second-order valence-corrected chi connectivity index (χ2v) is 6.68. The van der Waals surface area contributed by atoms with Crippen LogP contribution in [-0.4, -0.2) is 48.0 Å². The molecule has 0 spiro atoms. The standard InChI is InChI=1S/C20H22ClN3O3/c21-16-9-10-18(22-15-16)24(17-5-2-1-3-6-17)20(26)8-4-7-19(25)23-11-13-27-14-12-23/h1-3,5-6,9-10,15H,4,7-8,11-14H2. The van der Waals surface area contributed by atoms with Crippen molar-refractivity contribution in [1.82, 2.24) is 9.88 Å². The van der Waals surface area contributed by atoms with Crippen LogP contribution in [0.25, 0.3) is 0 Å². The number of pyridine rings is 1. The van der Waals surface area contributed by atoms with Crippen molar-refractivity contribution in [3.8, 4) is 0 Å². The summed E-state index contributed by atoms with van der Waals surface area (Å²) in [6.07, 6.45) is 2.62. The number of amides is 2. The maximum atomic E-state index is 12.9. The summed E-state index contributed by atoms with van der Waals surface area (Å²) in [6.45, 7) is 2.40. The zero-order chi connectivity index (χ0) is 19.1. The first-order chi connectivity index (χ1) is 13.1. The van der Waals surface area contributed by atoms with Crippen LogP contribution < -0.4 is 4.90 Å². The third-order valence-corrected chi connectivity index (χ3v) is 4.57. The van der Waals surface area contributed by atoms with Gasteiger partial charge < -0.3 is 9.64 Å². The molecule has 1 fully saturated rings. The molecule has 0 bridgehead atoms. The number of aromatic nitrogens is 1. The van der Waals surface area contributed by atoms with E-state index < -0.39 is 0 Å². The van der Waals surface area contributed by atoms with Crippen molar-refractivity contribution in [3.05, 3.63) is 53.7 Å². The molecule has 0 N–H and O–H groups in total. The van der Waals surface area contributed by atoms with Crippen molar-refractivity contribution in [2.45, 2.75) is 19.3 Å². The average Bonchev–Trinajstić information content (AvgIpc) is 2.71. The smallest absolute Gasteiger partial charge is 0.232 e. The quantitative estimate of drug-likeness (QED) is 0.761. The zero-order valence-corrected chi connectivity index (χ0v) is 15.8. The Morgan fingerprint density at radius 2 is 1.81 bits per heavy atom. The van der Waals surface area contributed by atoms with Crippen molar-refractivity contribution in [3.63, 3.8) is 0 Å². The number of nitrogens with zero attached hydrogens (tertiary/aromatic N) is 3.